The average molecular weight is 521 g/mol. The molecule has 1 fully saturated rings. The Labute approximate surface area is 192 Å². The predicted molar refractivity (Wildman–Crippen MR) is 134 cm³/mol. The first-order valence-electron chi connectivity index (χ1n) is 10.2. The lowest BCUT2D eigenvalue weighted by Gasteiger charge is -2.28. The molecule has 2 N–H and O–H groups in total. The number of anilines is 1. The summed E-state index contributed by atoms with van der Waals surface area (Å²) in [6, 6.07) is 8.86. The van der Waals surface area contributed by atoms with Gasteiger partial charge in [-0.3, -0.25) is 0 Å². The summed E-state index contributed by atoms with van der Waals surface area (Å²) in [5.41, 5.74) is 2.57. The van der Waals surface area contributed by atoms with E-state index in [1.807, 2.05) is 11.8 Å². The smallest absolute Gasteiger partial charge is 0.191 e. The largest absolute Gasteiger partial charge is 0.381 e. The maximum absolute atomic E-state index is 5.62. The van der Waals surface area contributed by atoms with Gasteiger partial charge in [-0.2, -0.15) is 11.8 Å². The van der Waals surface area contributed by atoms with Gasteiger partial charge >= 0.3 is 0 Å². The molecule has 1 saturated heterocycles. The molecular formula is C21H37IN4OS. The summed E-state index contributed by atoms with van der Waals surface area (Å²) < 4.78 is 5.62. The highest BCUT2D eigenvalue weighted by Crippen LogP contribution is 2.20. The summed E-state index contributed by atoms with van der Waals surface area (Å²) in [7, 11) is 0. The molecule has 0 spiro atoms. The van der Waals surface area contributed by atoms with Crippen LogP contribution in [0.1, 0.15) is 32.8 Å². The molecule has 1 heterocycles. The first kappa shape index (κ1) is 25.4. The summed E-state index contributed by atoms with van der Waals surface area (Å²) in [5.74, 6) is 3.92. The van der Waals surface area contributed by atoms with Crippen molar-refractivity contribution in [1.82, 2.24) is 10.6 Å². The third kappa shape index (κ3) is 10.2. The Morgan fingerprint density at radius 3 is 2.54 bits per heavy atom. The molecule has 1 aromatic carbocycles. The third-order valence-electron chi connectivity index (χ3n) is 4.29. The van der Waals surface area contributed by atoms with Crippen molar-refractivity contribution in [3.05, 3.63) is 29.8 Å². The zero-order valence-corrected chi connectivity index (χ0v) is 20.7. The molecule has 28 heavy (non-hydrogen) atoms. The van der Waals surface area contributed by atoms with Crippen LogP contribution in [0.2, 0.25) is 0 Å². The Morgan fingerprint density at radius 1 is 1.18 bits per heavy atom. The molecule has 5 nitrogen and oxygen atoms in total. The van der Waals surface area contributed by atoms with Crippen molar-refractivity contribution < 1.29 is 4.74 Å². The third-order valence-corrected chi connectivity index (χ3v) is 5.23. The minimum atomic E-state index is 0. The van der Waals surface area contributed by atoms with Gasteiger partial charge in [0.25, 0.3) is 0 Å². The summed E-state index contributed by atoms with van der Waals surface area (Å²) in [4.78, 5) is 7.18. The number of rotatable bonds is 10. The number of guanidine groups is 1. The van der Waals surface area contributed by atoms with Crippen molar-refractivity contribution in [2.24, 2.45) is 10.9 Å². The van der Waals surface area contributed by atoms with Crippen molar-refractivity contribution in [2.45, 2.75) is 33.7 Å². The van der Waals surface area contributed by atoms with E-state index in [0.717, 1.165) is 51.8 Å². The number of thioether (sulfide) groups is 1. The Balaban J connectivity index is 0.00000392. The number of halogens is 1. The van der Waals surface area contributed by atoms with E-state index < -0.39 is 0 Å². The van der Waals surface area contributed by atoms with Gasteiger partial charge in [-0.15, -0.1) is 24.0 Å². The van der Waals surface area contributed by atoms with E-state index in [1.165, 1.54) is 22.8 Å². The van der Waals surface area contributed by atoms with Crippen LogP contribution >= 0.6 is 35.7 Å². The molecule has 0 unspecified atom stereocenters. The maximum atomic E-state index is 5.62. The van der Waals surface area contributed by atoms with Crippen molar-refractivity contribution in [2.75, 3.05) is 55.8 Å². The van der Waals surface area contributed by atoms with Crippen molar-refractivity contribution in [3.8, 4) is 0 Å². The summed E-state index contributed by atoms with van der Waals surface area (Å²) in [6.07, 6.45) is 0.986. The van der Waals surface area contributed by atoms with Crippen molar-refractivity contribution in [3.63, 3.8) is 0 Å². The van der Waals surface area contributed by atoms with Gasteiger partial charge in [0, 0.05) is 56.6 Å². The molecule has 0 radical (unpaired) electrons. The van der Waals surface area contributed by atoms with Gasteiger partial charge in [0.15, 0.2) is 5.96 Å². The van der Waals surface area contributed by atoms with Crippen molar-refractivity contribution >= 4 is 47.4 Å². The second-order valence-electron chi connectivity index (χ2n) is 7.21. The fourth-order valence-electron chi connectivity index (χ4n) is 2.85. The van der Waals surface area contributed by atoms with Crippen LogP contribution in [-0.4, -0.2) is 56.9 Å². The standard InChI is InChI=1S/C21H36N4OS.HI/c1-4-22-21(23-10-5-13-26-17-18(2)3)24-16-19-6-8-20(9-7-19)25-11-14-27-15-12-25;/h6-9,18H,4-5,10-17H2,1-3H3,(H2,22,23,24);1H. The van der Waals surface area contributed by atoms with Crippen LogP contribution in [-0.2, 0) is 11.3 Å². The van der Waals surface area contributed by atoms with Crippen LogP contribution in [0.25, 0.3) is 0 Å². The summed E-state index contributed by atoms with van der Waals surface area (Å²) in [5, 5.41) is 6.70. The molecule has 0 amide bonds. The van der Waals surface area contributed by atoms with Crippen LogP contribution in [0.5, 0.6) is 0 Å². The fraction of sp³-hybridized carbons (Fsp3) is 0.667. The Bertz CT molecular complexity index is 548. The number of nitrogens with zero attached hydrogens (tertiary/aromatic N) is 2. The van der Waals surface area contributed by atoms with Crippen molar-refractivity contribution in [1.29, 1.82) is 0 Å². The van der Waals surface area contributed by atoms with E-state index in [-0.39, 0.29) is 24.0 Å². The molecule has 2 rings (SSSR count). The Kier molecular flexibility index (Phi) is 13.8. The lowest BCUT2D eigenvalue weighted by Crippen LogP contribution is -2.38. The summed E-state index contributed by atoms with van der Waals surface area (Å²) >= 11 is 2.04. The van der Waals surface area contributed by atoms with Crippen LogP contribution < -0.4 is 15.5 Å². The number of aliphatic imine (C=N–C) groups is 1. The van der Waals surface area contributed by atoms with E-state index in [4.69, 9.17) is 9.73 Å². The molecule has 1 aromatic rings. The van der Waals surface area contributed by atoms with Gasteiger partial charge in [-0.25, -0.2) is 4.99 Å². The minimum Gasteiger partial charge on any atom is -0.381 e. The van der Waals surface area contributed by atoms with E-state index in [9.17, 15) is 0 Å². The highest BCUT2D eigenvalue weighted by Gasteiger charge is 2.10. The quantitative estimate of drug-likeness (QED) is 0.212. The zero-order chi connectivity index (χ0) is 19.3. The maximum Gasteiger partial charge on any atom is 0.191 e. The fourth-order valence-corrected chi connectivity index (χ4v) is 3.75. The molecule has 0 saturated carbocycles. The highest BCUT2D eigenvalue weighted by atomic mass is 127. The minimum absolute atomic E-state index is 0. The van der Waals surface area contributed by atoms with Crippen LogP contribution in [0.15, 0.2) is 29.3 Å². The first-order chi connectivity index (χ1) is 13.2. The van der Waals surface area contributed by atoms with Gasteiger partial charge in [-0.05, 0) is 37.0 Å². The molecule has 0 bridgehead atoms. The first-order valence-corrected chi connectivity index (χ1v) is 11.4. The number of hydrogen-bond donors (Lipinski definition) is 2. The van der Waals surface area contributed by atoms with Gasteiger partial charge in [0.2, 0.25) is 0 Å². The second kappa shape index (κ2) is 15.2. The monoisotopic (exact) mass is 520 g/mol. The lowest BCUT2D eigenvalue weighted by atomic mass is 10.2. The average Bonchev–Trinajstić information content (AvgIpc) is 2.69. The number of hydrogen-bond acceptors (Lipinski definition) is 4. The summed E-state index contributed by atoms with van der Waals surface area (Å²) in [6.45, 7) is 12.8. The molecule has 0 aliphatic carbocycles. The molecular weight excluding hydrogens is 483 g/mol. The van der Waals surface area contributed by atoms with Gasteiger partial charge in [0.1, 0.15) is 0 Å². The van der Waals surface area contributed by atoms with Crippen LogP contribution in [0, 0.1) is 5.92 Å². The molecule has 160 valence electrons. The topological polar surface area (TPSA) is 48.9 Å². The number of benzene rings is 1. The van der Waals surface area contributed by atoms with Gasteiger partial charge < -0.3 is 20.3 Å². The predicted octanol–water partition coefficient (Wildman–Crippen LogP) is 3.98. The van der Waals surface area contributed by atoms with E-state index in [0.29, 0.717) is 12.5 Å². The molecule has 7 heteroatoms. The highest BCUT2D eigenvalue weighted by molar-refractivity contribution is 14.0. The molecule has 1 aliphatic rings. The Morgan fingerprint density at radius 2 is 1.89 bits per heavy atom. The van der Waals surface area contributed by atoms with E-state index >= 15 is 0 Å². The van der Waals surface area contributed by atoms with E-state index in [1.54, 1.807) is 0 Å². The molecule has 1 aliphatic heterocycles. The lowest BCUT2D eigenvalue weighted by molar-refractivity contribution is 0.108. The van der Waals surface area contributed by atoms with Crippen LogP contribution in [0.3, 0.4) is 0 Å². The van der Waals surface area contributed by atoms with Gasteiger partial charge in [-0.1, -0.05) is 26.0 Å². The molecule has 0 atom stereocenters. The molecule has 0 aromatic heterocycles. The second-order valence-corrected chi connectivity index (χ2v) is 8.43. The number of ether oxygens (including phenoxy) is 1. The SMILES string of the molecule is CCNC(=NCc1ccc(N2CCSCC2)cc1)NCCCOCC(C)C.I. The Hall–Kier alpha value is -0.670. The van der Waals surface area contributed by atoms with E-state index in [2.05, 4.69) is 60.6 Å². The number of nitrogens with one attached hydrogen (secondary N) is 2. The zero-order valence-electron chi connectivity index (χ0n) is 17.6. The van der Waals surface area contributed by atoms with Gasteiger partial charge in [0.05, 0.1) is 6.54 Å². The van der Waals surface area contributed by atoms with Crippen LogP contribution in [0.4, 0.5) is 5.69 Å². The normalized spacial score (nSPS) is 14.7.